The lowest BCUT2D eigenvalue weighted by molar-refractivity contribution is 0.0960. The van der Waals surface area contributed by atoms with Gasteiger partial charge in [-0.05, 0) is 59.8 Å². The first kappa shape index (κ1) is 13.8. The number of aryl methyl sites for hydroxylation is 1. The molecule has 2 aromatic rings. The molecule has 0 saturated heterocycles. The summed E-state index contributed by atoms with van der Waals surface area (Å²) in [4.78, 5) is 2.45. The van der Waals surface area contributed by atoms with E-state index in [4.69, 9.17) is 5.73 Å². The van der Waals surface area contributed by atoms with Gasteiger partial charge in [0.05, 0.1) is 5.54 Å². The molecule has 1 aromatic carbocycles. The van der Waals surface area contributed by atoms with Gasteiger partial charge in [0.1, 0.15) is 0 Å². The Morgan fingerprint density at radius 2 is 2.15 bits per heavy atom. The molecule has 3 heteroatoms. The molecule has 106 valence electrons. The van der Waals surface area contributed by atoms with Gasteiger partial charge < -0.3 is 5.73 Å². The lowest BCUT2D eigenvalue weighted by atomic mass is 9.75. The molecule has 1 aromatic heterocycles. The summed E-state index contributed by atoms with van der Waals surface area (Å²) in [5, 5.41) is 4.38. The number of nitrogens with two attached hydrogens (primary N) is 1. The van der Waals surface area contributed by atoms with Gasteiger partial charge in [0.2, 0.25) is 0 Å². The lowest BCUT2D eigenvalue weighted by Crippen LogP contribution is -2.50. The van der Waals surface area contributed by atoms with Crippen molar-refractivity contribution >= 4 is 11.3 Å². The van der Waals surface area contributed by atoms with Crippen LogP contribution in [0.2, 0.25) is 0 Å². The number of hydrogen-bond donors (Lipinski definition) is 1. The van der Waals surface area contributed by atoms with Gasteiger partial charge in [-0.3, -0.25) is 4.90 Å². The van der Waals surface area contributed by atoms with Crippen LogP contribution in [0.5, 0.6) is 0 Å². The second-order valence-corrected chi connectivity index (χ2v) is 6.51. The van der Waals surface area contributed by atoms with E-state index >= 15 is 0 Å². The second-order valence-electron chi connectivity index (χ2n) is 5.73. The van der Waals surface area contributed by atoms with Crippen LogP contribution < -0.4 is 5.73 Å². The van der Waals surface area contributed by atoms with Crippen molar-refractivity contribution in [3.05, 3.63) is 57.8 Å². The zero-order chi connectivity index (χ0) is 14.0. The molecule has 1 heterocycles. The molecule has 20 heavy (non-hydrogen) atoms. The Bertz CT molecular complexity index is 564. The van der Waals surface area contributed by atoms with Crippen molar-refractivity contribution < 1.29 is 0 Å². The van der Waals surface area contributed by atoms with Gasteiger partial charge in [0.15, 0.2) is 0 Å². The highest BCUT2D eigenvalue weighted by atomic mass is 32.1. The average molecular weight is 286 g/mol. The smallest absolute Gasteiger partial charge is 0.0586 e. The van der Waals surface area contributed by atoms with Crippen LogP contribution in [0.15, 0.2) is 41.1 Å². The third-order valence-corrected chi connectivity index (χ3v) is 5.36. The van der Waals surface area contributed by atoms with Gasteiger partial charge in [-0.1, -0.05) is 24.3 Å². The summed E-state index contributed by atoms with van der Waals surface area (Å²) in [5.74, 6) is 0. The van der Waals surface area contributed by atoms with E-state index in [0.717, 1.165) is 13.0 Å². The fourth-order valence-corrected chi connectivity index (χ4v) is 4.13. The van der Waals surface area contributed by atoms with Crippen LogP contribution in [0.25, 0.3) is 0 Å². The van der Waals surface area contributed by atoms with Crippen LogP contribution in [0.1, 0.15) is 29.5 Å². The summed E-state index contributed by atoms with van der Waals surface area (Å²) in [7, 11) is 2.21. The Balaban J connectivity index is 1.95. The highest BCUT2D eigenvalue weighted by molar-refractivity contribution is 7.07. The Labute approximate surface area is 125 Å². The molecule has 1 unspecified atom stereocenters. The minimum Gasteiger partial charge on any atom is -0.328 e. The molecule has 1 atom stereocenters. The molecule has 2 N–H and O–H groups in total. The average Bonchev–Trinajstić information content (AvgIpc) is 2.99. The van der Waals surface area contributed by atoms with E-state index in [0.29, 0.717) is 6.54 Å². The molecule has 0 fully saturated rings. The van der Waals surface area contributed by atoms with Crippen molar-refractivity contribution in [2.24, 2.45) is 5.73 Å². The van der Waals surface area contributed by atoms with Crippen molar-refractivity contribution in [3.8, 4) is 0 Å². The SMILES string of the molecule is CN(Cc1ccsc1)C1(CN)CCCc2ccccc21. The number of benzene rings is 1. The molecule has 0 saturated carbocycles. The van der Waals surface area contributed by atoms with Crippen molar-refractivity contribution in [2.75, 3.05) is 13.6 Å². The standard InChI is InChI=1S/C17H22N2S/c1-19(11-14-8-10-20-12-14)17(13-18)9-4-6-15-5-2-3-7-16(15)17/h2-3,5,7-8,10,12H,4,6,9,11,13,18H2,1H3. The number of nitrogens with zero attached hydrogens (tertiary/aromatic N) is 1. The predicted octanol–water partition coefficient (Wildman–Crippen LogP) is 3.37. The van der Waals surface area contributed by atoms with Crippen LogP contribution in [0.3, 0.4) is 0 Å². The molecule has 0 bridgehead atoms. The maximum Gasteiger partial charge on any atom is 0.0586 e. The van der Waals surface area contributed by atoms with E-state index in [1.54, 1.807) is 11.3 Å². The molecule has 1 aliphatic carbocycles. The number of thiophene rings is 1. The fourth-order valence-electron chi connectivity index (χ4n) is 3.47. The highest BCUT2D eigenvalue weighted by Crippen LogP contribution is 2.39. The quantitative estimate of drug-likeness (QED) is 0.933. The van der Waals surface area contributed by atoms with Crippen molar-refractivity contribution in [1.82, 2.24) is 4.90 Å². The lowest BCUT2D eigenvalue weighted by Gasteiger charge is -2.45. The number of fused-ring (bicyclic) bond motifs is 1. The first-order valence-corrected chi connectivity index (χ1v) is 8.21. The normalized spacial score (nSPS) is 21.9. The van der Waals surface area contributed by atoms with Gasteiger partial charge in [-0.2, -0.15) is 11.3 Å². The van der Waals surface area contributed by atoms with E-state index < -0.39 is 0 Å². The molecule has 0 radical (unpaired) electrons. The maximum absolute atomic E-state index is 6.24. The molecule has 2 nitrogen and oxygen atoms in total. The van der Waals surface area contributed by atoms with E-state index in [9.17, 15) is 0 Å². The molecule has 0 amide bonds. The second kappa shape index (κ2) is 5.68. The number of hydrogen-bond acceptors (Lipinski definition) is 3. The summed E-state index contributed by atoms with van der Waals surface area (Å²) >= 11 is 1.76. The van der Waals surface area contributed by atoms with Gasteiger partial charge in [0.25, 0.3) is 0 Å². The summed E-state index contributed by atoms with van der Waals surface area (Å²) in [6, 6.07) is 11.0. The third kappa shape index (κ3) is 2.30. The van der Waals surface area contributed by atoms with E-state index in [1.165, 1.54) is 29.5 Å². The molecular weight excluding hydrogens is 264 g/mol. The molecule has 1 aliphatic rings. The van der Waals surface area contributed by atoms with E-state index in [2.05, 4.69) is 53.0 Å². The van der Waals surface area contributed by atoms with Crippen molar-refractivity contribution in [1.29, 1.82) is 0 Å². The maximum atomic E-state index is 6.24. The van der Waals surface area contributed by atoms with Gasteiger partial charge in [-0.15, -0.1) is 0 Å². The molecule has 0 aliphatic heterocycles. The van der Waals surface area contributed by atoms with Crippen LogP contribution in [-0.4, -0.2) is 18.5 Å². The predicted molar refractivity (Wildman–Crippen MR) is 85.9 cm³/mol. The van der Waals surface area contributed by atoms with Gasteiger partial charge in [0, 0.05) is 13.1 Å². The Morgan fingerprint density at radius 3 is 2.90 bits per heavy atom. The third-order valence-electron chi connectivity index (χ3n) is 4.62. The number of rotatable bonds is 4. The topological polar surface area (TPSA) is 29.3 Å². The van der Waals surface area contributed by atoms with E-state index in [1.807, 2.05) is 0 Å². The van der Waals surface area contributed by atoms with E-state index in [-0.39, 0.29) is 5.54 Å². The molecule has 3 rings (SSSR count). The largest absolute Gasteiger partial charge is 0.328 e. The van der Waals surface area contributed by atoms with Crippen LogP contribution in [0.4, 0.5) is 0 Å². The Hall–Kier alpha value is -1.16. The highest BCUT2D eigenvalue weighted by Gasteiger charge is 2.38. The van der Waals surface area contributed by atoms with Crippen LogP contribution in [0, 0.1) is 0 Å². The summed E-state index contributed by atoms with van der Waals surface area (Å²) in [6.45, 7) is 1.65. The summed E-state index contributed by atoms with van der Waals surface area (Å²) in [6.07, 6.45) is 3.56. The fraction of sp³-hybridized carbons (Fsp3) is 0.412. The Kier molecular flexibility index (Phi) is 3.92. The zero-order valence-corrected chi connectivity index (χ0v) is 12.8. The van der Waals surface area contributed by atoms with Crippen LogP contribution in [-0.2, 0) is 18.5 Å². The minimum atomic E-state index is -0.00319. The summed E-state index contributed by atoms with van der Waals surface area (Å²) in [5.41, 5.74) is 10.5. The monoisotopic (exact) mass is 286 g/mol. The van der Waals surface area contributed by atoms with Crippen LogP contribution >= 0.6 is 11.3 Å². The molecular formula is C17H22N2S. The van der Waals surface area contributed by atoms with Gasteiger partial charge >= 0.3 is 0 Å². The summed E-state index contributed by atoms with van der Waals surface area (Å²) < 4.78 is 0. The van der Waals surface area contributed by atoms with Gasteiger partial charge in [-0.25, -0.2) is 0 Å². The molecule has 0 spiro atoms. The number of likely N-dealkylation sites (N-methyl/N-ethyl adjacent to an activating group) is 1. The van der Waals surface area contributed by atoms with Crippen molar-refractivity contribution in [2.45, 2.75) is 31.3 Å². The first-order valence-electron chi connectivity index (χ1n) is 7.27. The first-order chi connectivity index (χ1) is 9.76. The minimum absolute atomic E-state index is 0.00319. The van der Waals surface area contributed by atoms with Crippen molar-refractivity contribution in [3.63, 3.8) is 0 Å². The zero-order valence-electron chi connectivity index (χ0n) is 12.0. The Morgan fingerprint density at radius 1 is 1.30 bits per heavy atom.